The molecule has 4 N–H and O–H groups in total. The van der Waals surface area contributed by atoms with E-state index < -0.39 is 0 Å². The van der Waals surface area contributed by atoms with Crippen LogP contribution < -0.4 is 11.1 Å². The molecule has 4 nitrogen and oxygen atoms in total. The molecule has 1 aromatic rings. The SMILES string of the molecule is CC(CCc1ccc(O)cc1)NC(=O)CCCCN. The first kappa shape index (κ1) is 15.5. The molecule has 1 atom stereocenters. The Morgan fingerprint density at radius 1 is 1.32 bits per heavy atom. The van der Waals surface area contributed by atoms with Gasteiger partial charge in [-0.05, 0) is 56.8 Å². The first-order chi connectivity index (χ1) is 9.11. The molecule has 1 aromatic carbocycles. The predicted octanol–water partition coefficient (Wildman–Crippen LogP) is 1.96. The number of hydrogen-bond donors (Lipinski definition) is 3. The third kappa shape index (κ3) is 6.82. The summed E-state index contributed by atoms with van der Waals surface area (Å²) < 4.78 is 0. The van der Waals surface area contributed by atoms with Crippen LogP contribution in [0.2, 0.25) is 0 Å². The largest absolute Gasteiger partial charge is 0.508 e. The Morgan fingerprint density at radius 3 is 2.63 bits per heavy atom. The molecule has 0 aliphatic heterocycles. The van der Waals surface area contributed by atoms with Crippen LogP contribution in [0.5, 0.6) is 5.75 Å². The van der Waals surface area contributed by atoms with Crippen molar-refractivity contribution in [3.05, 3.63) is 29.8 Å². The second-order valence-corrected chi connectivity index (χ2v) is 4.92. The van der Waals surface area contributed by atoms with Crippen LogP contribution in [0.4, 0.5) is 0 Å². The van der Waals surface area contributed by atoms with Crippen molar-refractivity contribution < 1.29 is 9.90 Å². The number of hydrogen-bond acceptors (Lipinski definition) is 3. The van der Waals surface area contributed by atoms with Crippen LogP contribution in [0, 0.1) is 0 Å². The van der Waals surface area contributed by atoms with Gasteiger partial charge in [0.2, 0.25) is 5.91 Å². The number of carbonyl (C=O) groups is 1. The predicted molar refractivity (Wildman–Crippen MR) is 76.9 cm³/mol. The van der Waals surface area contributed by atoms with Crippen molar-refractivity contribution in [1.29, 1.82) is 0 Å². The lowest BCUT2D eigenvalue weighted by molar-refractivity contribution is -0.121. The minimum Gasteiger partial charge on any atom is -0.508 e. The van der Waals surface area contributed by atoms with Crippen molar-refractivity contribution in [2.75, 3.05) is 6.54 Å². The highest BCUT2D eigenvalue weighted by Gasteiger charge is 2.07. The lowest BCUT2D eigenvalue weighted by atomic mass is 10.1. The van der Waals surface area contributed by atoms with Gasteiger partial charge in [0.05, 0.1) is 0 Å². The van der Waals surface area contributed by atoms with Gasteiger partial charge in [0.15, 0.2) is 0 Å². The van der Waals surface area contributed by atoms with E-state index in [0.29, 0.717) is 13.0 Å². The number of carbonyl (C=O) groups excluding carboxylic acids is 1. The second kappa shape index (κ2) is 8.53. The molecule has 1 unspecified atom stereocenters. The first-order valence-corrected chi connectivity index (χ1v) is 6.89. The summed E-state index contributed by atoms with van der Waals surface area (Å²) in [5, 5.41) is 12.2. The van der Waals surface area contributed by atoms with E-state index >= 15 is 0 Å². The number of phenolic OH excluding ortho intramolecular Hbond substituents is 1. The summed E-state index contributed by atoms with van der Waals surface area (Å²) in [7, 11) is 0. The molecule has 0 saturated heterocycles. The number of aromatic hydroxyl groups is 1. The van der Waals surface area contributed by atoms with Crippen LogP contribution >= 0.6 is 0 Å². The van der Waals surface area contributed by atoms with Crippen molar-refractivity contribution in [2.24, 2.45) is 5.73 Å². The Labute approximate surface area is 115 Å². The summed E-state index contributed by atoms with van der Waals surface area (Å²) in [6.07, 6.45) is 4.10. The van der Waals surface area contributed by atoms with Crippen LogP contribution in [-0.2, 0) is 11.2 Å². The Balaban J connectivity index is 2.21. The van der Waals surface area contributed by atoms with Crippen LogP contribution in [0.25, 0.3) is 0 Å². The van der Waals surface area contributed by atoms with E-state index in [-0.39, 0.29) is 17.7 Å². The minimum absolute atomic E-state index is 0.103. The van der Waals surface area contributed by atoms with Crippen molar-refractivity contribution >= 4 is 5.91 Å². The van der Waals surface area contributed by atoms with E-state index in [4.69, 9.17) is 5.73 Å². The number of amides is 1. The summed E-state index contributed by atoms with van der Waals surface area (Å²) in [5.74, 6) is 0.386. The third-order valence-corrected chi connectivity index (χ3v) is 3.07. The Morgan fingerprint density at radius 2 is 2.00 bits per heavy atom. The standard InChI is InChI=1S/C15H24N2O2/c1-12(17-15(19)4-2-3-11-16)5-6-13-7-9-14(18)10-8-13/h7-10,12,18H,2-6,11,16H2,1H3,(H,17,19). The number of nitrogens with one attached hydrogen (secondary N) is 1. The average molecular weight is 264 g/mol. The number of aryl methyl sites for hydroxylation is 1. The molecule has 4 heteroatoms. The van der Waals surface area contributed by atoms with E-state index in [1.807, 2.05) is 19.1 Å². The fourth-order valence-corrected chi connectivity index (χ4v) is 1.89. The lowest BCUT2D eigenvalue weighted by Gasteiger charge is -2.13. The molecule has 0 radical (unpaired) electrons. The molecule has 0 saturated carbocycles. The fourth-order valence-electron chi connectivity index (χ4n) is 1.89. The van der Waals surface area contributed by atoms with Gasteiger partial charge < -0.3 is 16.2 Å². The zero-order chi connectivity index (χ0) is 14.1. The highest BCUT2D eigenvalue weighted by Crippen LogP contribution is 2.12. The van der Waals surface area contributed by atoms with Crippen molar-refractivity contribution in [1.82, 2.24) is 5.32 Å². The smallest absolute Gasteiger partial charge is 0.220 e. The van der Waals surface area contributed by atoms with Crippen LogP contribution in [-0.4, -0.2) is 23.6 Å². The van der Waals surface area contributed by atoms with E-state index in [2.05, 4.69) is 5.32 Å². The minimum atomic E-state index is 0.103. The van der Waals surface area contributed by atoms with Gasteiger partial charge in [-0.15, -0.1) is 0 Å². The second-order valence-electron chi connectivity index (χ2n) is 4.92. The Kier molecular flexibility index (Phi) is 6.97. The van der Waals surface area contributed by atoms with Gasteiger partial charge in [0.25, 0.3) is 0 Å². The van der Waals surface area contributed by atoms with Gasteiger partial charge in [-0.2, -0.15) is 0 Å². The average Bonchev–Trinajstić information content (AvgIpc) is 2.38. The molecule has 0 aliphatic rings. The number of rotatable bonds is 8. The van der Waals surface area contributed by atoms with E-state index in [1.165, 1.54) is 5.56 Å². The van der Waals surface area contributed by atoms with Crippen LogP contribution in [0.1, 0.15) is 38.2 Å². The van der Waals surface area contributed by atoms with Crippen LogP contribution in [0.3, 0.4) is 0 Å². The van der Waals surface area contributed by atoms with Crippen LogP contribution in [0.15, 0.2) is 24.3 Å². The molecule has 106 valence electrons. The van der Waals surface area contributed by atoms with Gasteiger partial charge in [-0.3, -0.25) is 4.79 Å². The summed E-state index contributed by atoms with van der Waals surface area (Å²) in [6, 6.07) is 7.35. The van der Waals surface area contributed by atoms with Gasteiger partial charge >= 0.3 is 0 Å². The van der Waals surface area contributed by atoms with E-state index in [1.54, 1.807) is 12.1 Å². The summed E-state index contributed by atoms with van der Waals surface area (Å²) in [4.78, 5) is 11.6. The summed E-state index contributed by atoms with van der Waals surface area (Å²) in [6.45, 7) is 2.66. The van der Waals surface area contributed by atoms with Gasteiger partial charge in [0, 0.05) is 12.5 Å². The molecule has 0 heterocycles. The normalized spacial score (nSPS) is 12.1. The molecule has 0 fully saturated rings. The van der Waals surface area contributed by atoms with E-state index in [9.17, 15) is 9.90 Å². The molecule has 0 bridgehead atoms. The maximum atomic E-state index is 11.6. The number of benzene rings is 1. The van der Waals surface area contributed by atoms with Gasteiger partial charge in [-0.25, -0.2) is 0 Å². The highest BCUT2D eigenvalue weighted by atomic mass is 16.3. The maximum absolute atomic E-state index is 11.6. The highest BCUT2D eigenvalue weighted by molar-refractivity contribution is 5.76. The Hall–Kier alpha value is -1.55. The first-order valence-electron chi connectivity index (χ1n) is 6.89. The lowest BCUT2D eigenvalue weighted by Crippen LogP contribution is -2.32. The fraction of sp³-hybridized carbons (Fsp3) is 0.533. The Bertz CT molecular complexity index is 376. The molecule has 1 rings (SSSR count). The molecule has 0 aliphatic carbocycles. The summed E-state index contributed by atoms with van der Waals surface area (Å²) in [5.41, 5.74) is 6.56. The quantitative estimate of drug-likeness (QED) is 0.628. The maximum Gasteiger partial charge on any atom is 0.220 e. The molecular weight excluding hydrogens is 240 g/mol. The number of phenols is 1. The zero-order valence-electron chi connectivity index (χ0n) is 11.6. The zero-order valence-corrected chi connectivity index (χ0v) is 11.6. The molecule has 0 spiro atoms. The molecule has 19 heavy (non-hydrogen) atoms. The monoisotopic (exact) mass is 264 g/mol. The third-order valence-electron chi connectivity index (χ3n) is 3.07. The molecular formula is C15H24N2O2. The van der Waals surface area contributed by atoms with Gasteiger partial charge in [-0.1, -0.05) is 12.1 Å². The topological polar surface area (TPSA) is 75.3 Å². The van der Waals surface area contributed by atoms with Gasteiger partial charge in [0.1, 0.15) is 5.75 Å². The number of unbranched alkanes of at least 4 members (excludes halogenated alkanes) is 1. The summed E-state index contributed by atoms with van der Waals surface area (Å²) >= 11 is 0. The van der Waals surface area contributed by atoms with Crippen molar-refractivity contribution in [3.63, 3.8) is 0 Å². The molecule has 0 aromatic heterocycles. The van der Waals surface area contributed by atoms with Crippen molar-refractivity contribution in [2.45, 2.75) is 45.1 Å². The molecule has 1 amide bonds. The number of nitrogens with two attached hydrogens (primary N) is 1. The van der Waals surface area contributed by atoms with Crippen molar-refractivity contribution in [3.8, 4) is 5.75 Å². The van der Waals surface area contributed by atoms with E-state index in [0.717, 1.165) is 25.7 Å².